The summed E-state index contributed by atoms with van der Waals surface area (Å²) in [4.78, 5) is 26.5. The lowest BCUT2D eigenvalue weighted by atomic mass is 10.2. The van der Waals surface area contributed by atoms with Crippen LogP contribution >= 0.6 is 0 Å². The van der Waals surface area contributed by atoms with E-state index in [-0.39, 0.29) is 12.5 Å². The highest BCUT2D eigenvalue weighted by atomic mass is 16.6. The second-order valence-corrected chi connectivity index (χ2v) is 4.97. The zero-order valence-electron chi connectivity index (χ0n) is 10.9. The Morgan fingerprint density at radius 3 is 2.47 bits per heavy atom. The molecule has 0 bridgehead atoms. The van der Waals surface area contributed by atoms with Gasteiger partial charge in [0.15, 0.2) is 0 Å². The number of carbonyl (C=O) groups is 2. The molecule has 0 aromatic heterocycles. The average molecular weight is 240 g/mol. The van der Waals surface area contributed by atoms with Crippen molar-refractivity contribution in [1.82, 2.24) is 9.80 Å². The van der Waals surface area contributed by atoms with Crippen molar-refractivity contribution in [3.8, 4) is 0 Å². The summed E-state index contributed by atoms with van der Waals surface area (Å²) >= 11 is 0. The Balaban J connectivity index is 2.55. The van der Waals surface area contributed by atoms with E-state index < -0.39 is 11.7 Å². The van der Waals surface area contributed by atoms with Crippen molar-refractivity contribution < 1.29 is 14.3 Å². The van der Waals surface area contributed by atoms with Crippen LogP contribution in [0.4, 0.5) is 4.79 Å². The van der Waals surface area contributed by atoms with Crippen molar-refractivity contribution in [3.63, 3.8) is 0 Å². The molecule has 0 aliphatic carbocycles. The van der Waals surface area contributed by atoms with Crippen LogP contribution in [0.3, 0.4) is 0 Å². The predicted molar refractivity (Wildman–Crippen MR) is 64.3 cm³/mol. The van der Waals surface area contributed by atoms with Crippen LogP contribution in [0.2, 0.25) is 0 Å². The van der Waals surface area contributed by atoms with Gasteiger partial charge in [-0.2, -0.15) is 0 Å². The molecule has 0 unspecified atom stereocenters. The summed E-state index contributed by atoms with van der Waals surface area (Å²) < 4.78 is 5.22. The zero-order valence-corrected chi connectivity index (χ0v) is 10.9. The highest BCUT2D eigenvalue weighted by Gasteiger charge is 2.29. The fraction of sp³-hybridized carbons (Fsp3) is 0.667. The van der Waals surface area contributed by atoms with Crippen LogP contribution in [0.25, 0.3) is 0 Å². The van der Waals surface area contributed by atoms with E-state index in [0.29, 0.717) is 13.1 Å². The van der Waals surface area contributed by atoms with E-state index in [4.69, 9.17) is 4.74 Å². The monoisotopic (exact) mass is 240 g/mol. The van der Waals surface area contributed by atoms with Gasteiger partial charge in [0.2, 0.25) is 5.91 Å². The van der Waals surface area contributed by atoms with E-state index in [1.165, 1.54) is 4.90 Å². The van der Waals surface area contributed by atoms with Gasteiger partial charge in [0.05, 0.1) is 0 Å². The van der Waals surface area contributed by atoms with Gasteiger partial charge in [-0.15, -0.1) is 0 Å². The van der Waals surface area contributed by atoms with E-state index in [0.717, 1.165) is 0 Å². The second kappa shape index (κ2) is 5.21. The van der Waals surface area contributed by atoms with Gasteiger partial charge in [0.25, 0.3) is 0 Å². The fourth-order valence-corrected chi connectivity index (χ4v) is 1.51. The topological polar surface area (TPSA) is 49.9 Å². The van der Waals surface area contributed by atoms with Crippen LogP contribution in [-0.4, -0.2) is 47.0 Å². The lowest BCUT2D eigenvalue weighted by molar-refractivity contribution is -0.132. The van der Waals surface area contributed by atoms with Gasteiger partial charge < -0.3 is 9.64 Å². The molecule has 1 aliphatic heterocycles. The molecule has 0 N–H and O–H groups in total. The Labute approximate surface area is 102 Å². The molecular formula is C12H20N2O3. The summed E-state index contributed by atoms with van der Waals surface area (Å²) in [6.45, 7) is 8.38. The van der Waals surface area contributed by atoms with Gasteiger partial charge >= 0.3 is 6.09 Å². The van der Waals surface area contributed by atoms with Crippen molar-refractivity contribution >= 4 is 12.0 Å². The van der Waals surface area contributed by atoms with Gasteiger partial charge in [-0.05, 0) is 27.7 Å². The summed E-state index contributed by atoms with van der Waals surface area (Å²) in [6, 6.07) is 0. The molecule has 5 heteroatoms. The van der Waals surface area contributed by atoms with E-state index in [1.54, 1.807) is 17.2 Å². The van der Waals surface area contributed by atoms with E-state index in [9.17, 15) is 9.59 Å². The van der Waals surface area contributed by atoms with Gasteiger partial charge in [-0.25, -0.2) is 4.79 Å². The lowest BCUT2D eigenvalue weighted by Crippen LogP contribution is -2.51. The standard InChI is InChI=1S/C12H20N2O3/c1-5-6-13-7-8-14(9-10(13)15)11(16)17-12(2,3)4/h5-6H,7-9H2,1-4H3. The van der Waals surface area contributed by atoms with Crippen LogP contribution in [-0.2, 0) is 9.53 Å². The van der Waals surface area contributed by atoms with Crippen LogP contribution in [0.1, 0.15) is 27.7 Å². The molecule has 2 amide bonds. The molecule has 0 radical (unpaired) electrons. The zero-order chi connectivity index (χ0) is 13.1. The SMILES string of the molecule is CC=CN1CCN(C(=O)OC(C)(C)C)CC1=O. The molecule has 0 atom stereocenters. The molecule has 1 rings (SSSR count). The van der Waals surface area contributed by atoms with Gasteiger partial charge in [0, 0.05) is 19.3 Å². The molecule has 1 saturated heterocycles. The second-order valence-electron chi connectivity index (χ2n) is 4.97. The Morgan fingerprint density at radius 2 is 2.00 bits per heavy atom. The highest BCUT2D eigenvalue weighted by molar-refractivity contribution is 5.84. The number of hydrogen-bond donors (Lipinski definition) is 0. The number of ether oxygens (including phenoxy) is 1. The molecule has 0 aromatic carbocycles. The average Bonchev–Trinajstić information content (AvgIpc) is 2.18. The third-order valence-electron chi connectivity index (χ3n) is 2.24. The summed E-state index contributed by atoms with van der Waals surface area (Å²) in [7, 11) is 0. The maximum atomic E-state index is 11.7. The first-order chi connectivity index (χ1) is 7.83. The van der Waals surface area contributed by atoms with Crippen LogP contribution in [0.15, 0.2) is 12.3 Å². The molecule has 17 heavy (non-hydrogen) atoms. The van der Waals surface area contributed by atoms with Crippen LogP contribution in [0.5, 0.6) is 0 Å². The third kappa shape index (κ3) is 4.09. The smallest absolute Gasteiger partial charge is 0.410 e. The summed E-state index contributed by atoms with van der Waals surface area (Å²) in [5.74, 6) is -0.0831. The van der Waals surface area contributed by atoms with E-state index >= 15 is 0 Å². The van der Waals surface area contributed by atoms with Crippen LogP contribution < -0.4 is 0 Å². The molecule has 0 spiro atoms. The van der Waals surface area contributed by atoms with Gasteiger partial charge in [-0.3, -0.25) is 9.69 Å². The predicted octanol–water partition coefficient (Wildman–Crippen LogP) is 1.60. The van der Waals surface area contributed by atoms with Crippen molar-refractivity contribution in [3.05, 3.63) is 12.3 Å². The maximum Gasteiger partial charge on any atom is 0.410 e. The first kappa shape index (κ1) is 13.5. The molecule has 1 heterocycles. The molecule has 96 valence electrons. The number of piperazine rings is 1. The molecule has 1 aliphatic rings. The quantitative estimate of drug-likeness (QED) is 0.699. The number of rotatable bonds is 1. The molecular weight excluding hydrogens is 220 g/mol. The first-order valence-electron chi connectivity index (χ1n) is 5.73. The van der Waals surface area contributed by atoms with Crippen molar-refractivity contribution in [2.45, 2.75) is 33.3 Å². The minimum absolute atomic E-state index is 0.0826. The molecule has 1 fully saturated rings. The summed E-state index contributed by atoms with van der Waals surface area (Å²) in [5.41, 5.74) is -0.527. The van der Waals surface area contributed by atoms with E-state index in [1.807, 2.05) is 27.7 Å². The largest absolute Gasteiger partial charge is 0.444 e. The lowest BCUT2D eigenvalue weighted by Gasteiger charge is -2.33. The highest BCUT2D eigenvalue weighted by Crippen LogP contribution is 2.12. The van der Waals surface area contributed by atoms with Crippen molar-refractivity contribution in [2.75, 3.05) is 19.6 Å². The normalized spacial score (nSPS) is 17.8. The van der Waals surface area contributed by atoms with E-state index in [2.05, 4.69) is 0 Å². The number of allylic oxidation sites excluding steroid dienone is 1. The number of carbonyl (C=O) groups excluding carboxylic acids is 2. The first-order valence-corrected chi connectivity index (χ1v) is 5.73. The minimum atomic E-state index is -0.527. The third-order valence-corrected chi connectivity index (χ3v) is 2.24. The number of nitrogens with zero attached hydrogens (tertiary/aromatic N) is 2. The minimum Gasteiger partial charge on any atom is -0.444 e. The Bertz CT molecular complexity index is 331. The van der Waals surface area contributed by atoms with Gasteiger partial charge in [-0.1, -0.05) is 6.08 Å². The summed E-state index contributed by atoms with van der Waals surface area (Å²) in [6.07, 6.45) is 3.11. The Hall–Kier alpha value is -1.52. The Morgan fingerprint density at radius 1 is 1.35 bits per heavy atom. The molecule has 0 saturated carbocycles. The molecule has 0 aromatic rings. The van der Waals surface area contributed by atoms with Crippen molar-refractivity contribution in [2.24, 2.45) is 0 Å². The maximum absolute atomic E-state index is 11.7. The number of hydrogen-bond acceptors (Lipinski definition) is 3. The number of amides is 2. The summed E-state index contributed by atoms with van der Waals surface area (Å²) in [5, 5.41) is 0. The fourth-order valence-electron chi connectivity index (χ4n) is 1.51. The van der Waals surface area contributed by atoms with Crippen LogP contribution in [0, 0.1) is 0 Å². The molecule has 5 nitrogen and oxygen atoms in total. The van der Waals surface area contributed by atoms with Gasteiger partial charge in [0.1, 0.15) is 12.1 Å². The van der Waals surface area contributed by atoms with Crippen molar-refractivity contribution in [1.29, 1.82) is 0 Å². The Kier molecular flexibility index (Phi) is 4.15.